The van der Waals surface area contributed by atoms with Gasteiger partial charge in [0.05, 0.1) is 6.04 Å². The van der Waals surface area contributed by atoms with Crippen LogP contribution in [-0.2, 0) is 16.0 Å². The highest BCUT2D eigenvalue weighted by Gasteiger charge is 2.29. The van der Waals surface area contributed by atoms with E-state index >= 15 is 0 Å². The molecule has 0 spiro atoms. The van der Waals surface area contributed by atoms with E-state index < -0.39 is 35.8 Å². The number of nitrogen functional groups attached to an aromatic ring is 1. The van der Waals surface area contributed by atoms with Crippen molar-refractivity contribution >= 4 is 23.2 Å². The van der Waals surface area contributed by atoms with Gasteiger partial charge in [-0.05, 0) is 61.1 Å². The second kappa shape index (κ2) is 9.84. The molecule has 2 heterocycles. The normalized spacial score (nSPS) is 20.4. The molecule has 1 aliphatic heterocycles. The number of halogens is 3. The second-order valence-corrected chi connectivity index (χ2v) is 8.51. The summed E-state index contributed by atoms with van der Waals surface area (Å²) in [5.41, 5.74) is 7.83. The molecule has 2 aromatic rings. The Morgan fingerprint density at radius 1 is 1.21 bits per heavy atom. The van der Waals surface area contributed by atoms with E-state index in [1.165, 1.54) is 6.07 Å². The van der Waals surface area contributed by atoms with Crippen molar-refractivity contribution in [3.05, 3.63) is 64.6 Å². The smallest absolute Gasteiger partial charge is 0.264 e. The largest absolute Gasteiger partial charge is 0.384 e. The van der Waals surface area contributed by atoms with Crippen molar-refractivity contribution < 1.29 is 22.8 Å². The fourth-order valence-electron chi connectivity index (χ4n) is 4.40. The molecule has 0 saturated carbocycles. The quantitative estimate of drug-likeness (QED) is 0.516. The van der Waals surface area contributed by atoms with Crippen LogP contribution in [-0.4, -0.2) is 35.4 Å². The number of nitrogens with one attached hydrogen (secondary N) is 3. The molecule has 1 aromatic carbocycles. The van der Waals surface area contributed by atoms with Crippen molar-refractivity contribution in [3.63, 3.8) is 0 Å². The summed E-state index contributed by atoms with van der Waals surface area (Å²) in [5.74, 6) is -1.12. The molecule has 5 N–H and O–H groups in total. The summed E-state index contributed by atoms with van der Waals surface area (Å²) < 4.78 is 40.3. The van der Waals surface area contributed by atoms with Gasteiger partial charge in [-0.1, -0.05) is 18.2 Å². The van der Waals surface area contributed by atoms with Crippen LogP contribution < -0.4 is 21.7 Å². The zero-order valence-corrected chi connectivity index (χ0v) is 18.6. The maximum Gasteiger partial charge on any atom is 0.264 e. The monoisotopic (exact) mass is 473 g/mol. The van der Waals surface area contributed by atoms with Crippen LogP contribution in [0.15, 0.2) is 36.4 Å². The maximum absolute atomic E-state index is 13.5. The first-order chi connectivity index (χ1) is 16.2. The molecule has 1 aromatic heterocycles. The van der Waals surface area contributed by atoms with Gasteiger partial charge in [0.2, 0.25) is 11.8 Å². The van der Waals surface area contributed by atoms with Crippen LogP contribution in [0.25, 0.3) is 5.57 Å². The molecule has 2 amide bonds. The van der Waals surface area contributed by atoms with E-state index in [1.807, 2.05) is 6.07 Å². The first-order valence-corrected chi connectivity index (χ1v) is 11.1. The number of aryl methyl sites for hydroxylation is 1. The Morgan fingerprint density at radius 3 is 2.76 bits per heavy atom. The molecule has 2 aliphatic rings. The number of nitrogens with two attached hydrogens (primary N) is 1. The lowest BCUT2D eigenvalue weighted by atomic mass is 9.93. The standard InChI is InChI=1S/C24H26F3N5O2/c1-12(23(33)32-19-6-5-18-16(19)4-7-21(28)31-18)30-24(34)20-10-13(8-9-29-20)15-3-2-14(25)11-17(15)22(26)27/h2-4,7,10-12,19-20,22,29H,5-6,8-9H2,1H3,(H2,28,31)(H,30,34)(H,32,33). The van der Waals surface area contributed by atoms with E-state index in [9.17, 15) is 22.8 Å². The minimum absolute atomic E-state index is 0.208. The highest BCUT2D eigenvalue weighted by molar-refractivity contribution is 5.92. The van der Waals surface area contributed by atoms with Crippen LogP contribution in [0.4, 0.5) is 19.0 Å². The number of pyridine rings is 1. The number of amides is 2. The summed E-state index contributed by atoms with van der Waals surface area (Å²) in [6.45, 7) is 1.95. The minimum atomic E-state index is -2.84. The molecule has 3 unspecified atom stereocenters. The highest BCUT2D eigenvalue weighted by atomic mass is 19.3. The Kier molecular flexibility index (Phi) is 6.87. The first kappa shape index (κ1) is 23.7. The van der Waals surface area contributed by atoms with E-state index in [2.05, 4.69) is 20.9 Å². The number of rotatable bonds is 6. The fraction of sp³-hybridized carbons (Fsp3) is 0.375. The number of nitrogens with zero attached hydrogens (tertiary/aromatic N) is 1. The van der Waals surface area contributed by atoms with E-state index in [0.717, 1.165) is 23.4 Å². The van der Waals surface area contributed by atoms with Crippen LogP contribution in [0.1, 0.15) is 54.6 Å². The van der Waals surface area contributed by atoms with Gasteiger partial charge in [0, 0.05) is 17.8 Å². The van der Waals surface area contributed by atoms with E-state index in [0.29, 0.717) is 37.2 Å². The average molecular weight is 473 g/mol. The van der Waals surface area contributed by atoms with Crippen LogP contribution in [0.3, 0.4) is 0 Å². The van der Waals surface area contributed by atoms with Crippen molar-refractivity contribution in [1.29, 1.82) is 0 Å². The van der Waals surface area contributed by atoms with Gasteiger partial charge >= 0.3 is 0 Å². The molecule has 0 fully saturated rings. The zero-order valence-electron chi connectivity index (χ0n) is 18.6. The summed E-state index contributed by atoms with van der Waals surface area (Å²) in [4.78, 5) is 29.8. The molecule has 180 valence electrons. The van der Waals surface area contributed by atoms with Crippen molar-refractivity contribution in [3.8, 4) is 0 Å². The number of alkyl halides is 2. The summed E-state index contributed by atoms with van der Waals surface area (Å²) in [7, 11) is 0. The molecule has 34 heavy (non-hydrogen) atoms. The summed E-state index contributed by atoms with van der Waals surface area (Å²) in [6, 6.07) is 4.94. The summed E-state index contributed by atoms with van der Waals surface area (Å²) in [5, 5.41) is 8.62. The molecule has 1 aliphatic carbocycles. The third-order valence-corrected chi connectivity index (χ3v) is 6.15. The lowest BCUT2D eigenvalue weighted by Crippen LogP contribution is -2.52. The molecule has 0 bridgehead atoms. The Balaban J connectivity index is 1.41. The number of hydrogen-bond donors (Lipinski definition) is 4. The van der Waals surface area contributed by atoms with Gasteiger partial charge in [-0.3, -0.25) is 9.59 Å². The molecule has 10 heteroatoms. The number of hydrogen-bond acceptors (Lipinski definition) is 5. The topological polar surface area (TPSA) is 109 Å². The van der Waals surface area contributed by atoms with Crippen LogP contribution in [0, 0.1) is 5.82 Å². The number of carbonyl (C=O) groups excluding carboxylic acids is 2. The van der Waals surface area contributed by atoms with Crippen molar-refractivity contribution in [2.45, 2.75) is 50.7 Å². The maximum atomic E-state index is 13.5. The highest BCUT2D eigenvalue weighted by Crippen LogP contribution is 2.32. The molecule has 4 rings (SSSR count). The predicted octanol–water partition coefficient (Wildman–Crippen LogP) is 2.79. The van der Waals surface area contributed by atoms with Gasteiger partial charge in [-0.2, -0.15) is 0 Å². The van der Waals surface area contributed by atoms with Crippen LogP contribution in [0.5, 0.6) is 0 Å². The summed E-state index contributed by atoms with van der Waals surface area (Å²) >= 11 is 0. The second-order valence-electron chi connectivity index (χ2n) is 8.51. The van der Waals surface area contributed by atoms with Crippen molar-refractivity contribution in [1.82, 2.24) is 20.9 Å². The Hall–Kier alpha value is -3.40. The van der Waals surface area contributed by atoms with Crippen LogP contribution in [0.2, 0.25) is 0 Å². The Morgan fingerprint density at radius 2 is 2.00 bits per heavy atom. The summed E-state index contributed by atoms with van der Waals surface area (Å²) in [6.07, 6.45) is 0.509. The number of fused-ring (bicyclic) bond motifs is 1. The molecule has 0 saturated heterocycles. The third-order valence-electron chi connectivity index (χ3n) is 6.15. The lowest BCUT2D eigenvalue weighted by Gasteiger charge is -2.25. The Bertz CT molecular complexity index is 1140. The van der Waals surface area contributed by atoms with Crippen molar-refractivity contribution in [2.75, 3.05) is 12.3 Å². The molecular weight excluding hydrogens is 447 g/mol. The predicted molar refractivity (Wildman–Crippen MR) is 121 cm³/mol. The van der Waals surface area contributed by atoms with E-state index in [1.54, 1.807) is 19.1 Å². The number of benzene rings is 1. The van der Waals surface area contributed by atoms with Crippen LogP contribution >= 0.6 is 0 Å². The average Bonchev–Trinajstić information content (AvgIpc) is 3.20. The first-order valence-electron chi connectivity index (χ1n) is 11.1. The molecule has 3 atom stereocenters. The van der Waals surface area contributed by atoms with Gasteiger partial charge in [-0.25, -0.2) is 18.2 Å². The van der Waals surface area contributed by atoms with Crippen molar-refractivity contribution in [2.24, 2.45) is 0 Å². The minimum Gasteiger partial charge on any atom is -0.384 e. The van der Waals surface area contributed by atoms with Gasteiger partial charge in [-0.15, -0.1) is 0 Å². The molecular formula is C24H26F3N5O2. The third kappa shape index (κ3) is 5.06. The number of anilines is 1. The van der Waals surface area contributed by atoms with E-state index in [4.69, 9.17) is 5.73 Å². The fourth-order valence-corrected chi connectivity index (χ4v) is 4.40. The SMILES string of the molecule is CC(NC(=O)C1C=C(c2ccc(F)cc2C(F)F)CCN1)C(=O)NC1CCc2nc(N)ccc21. The molecule has 0 radical (unpaired) electrons. The van der Waals surface area contributed by atoms with Gasteiger partial charge in [0.1, 0.15) is 23.7 Å². The Labute approximate surface area is 195 Å². The zero-order chi connectivity index (χ0) is 24.4. The van der Waals surface area contributed by atoms with E-state index in [-0.39, 0.29) is 17.5 Å². The van der Waals surface area contributed by atoms with Gasteiger partial charge < -0.3 is 21.7 Å². The van der Waals surface area contributed by atoms with Gasteiger partial charge in [0.15, 0.2) is 0 Å². The molecule has 7 nitrogen and oxygen atoms in total. The number of aromatic nitrogens is 1. The van der Waals surface area contributed by atoms with Gasteiger partial charge in [0.25, 0.3) is 6.43 Å². The number of carbonyl (C=O) groups is 2. The lowest BCUT2D eigenvalue weighted by molar-refractivity contribution is -0.129.